The standard InChI is InChI=1S/C35H21N3O2/c1-4-14-29-23(9-1)35(25-10-7-19-36-33(25)34-26(35)11-8-20-37-34)24-18-17-22(21-32(24)39-29)38-27-12-2-5-15-30(27)40-31-16-6-3-13-28(31)38/h1-21H. The maximum atomic E-state index is 6.70. The molecule has 1 aliphatic carbocycles. The summed E-state index contributed by atoms with van der Waals surface area (Å²) in [6, 6.07) is 39.5. The summed E-state index contributed by atoms with van der Waals surface area (Å²) in [5.41, 5.74) is 8.62. The van der Waals surface area contributed by atoms with Gasteiger partial charge in [0, 0.05) is 29.6 Å². The fraction of sp³-hybridized carbons (Fsp3) is 0.0286. The fourth-order valence-electron chi connectivity index (χ4n) is 6.67. The topological polar surface area (TPSA) is 47.5 Å². The molecule has 2 aromatic heterocycles. The van der Waals surface area contributed by atoms with Gasteiger partial charge in [0.05, 0.1) is 33.9 Å². The molecule has 0 N–H and O–H groups in total. The normalized spacial score (nSPS) is 14.6. The zero-order valence-corrected chi connectivity index (χ0v) is 21.3. The molecule has 0 saturated heterocycles. The van der Waals surface area contributed by atoms with Crippen LogP contribution < -0.4 is 14.4 Å². The first-order valence-corrected chi connectivity index (χ1v) is 13.3. The molecule has 5 nitrogen and oxygen atoms in total. The van der Waals surface area contributed by atoms with Gasteiger partial charge in [-0.2, -0.15) is 0 Å². The monoisotopic (exact) mass is 515 g/mol. The van der Waals surface area contributed by atoms with E-state index in [1.807, 2.05) is 67.0 Å². The summed E-state index contributed by atoms with van der Waals surface area (Å²) >= 11 is 0. The van der Waals surface area contributed by atoms with Crippen LogP contribution in [0.2, 0.25) is 0 Å². The second kappa shape index (κ2) is 7.80. The van der Waals surface area contributed by atoms with Gasteiger partial charge in [-0.3, -0.25) is 9.97 Å². The van der Waals surface area contributed by atoms with E-state index in [0.717, 1.165) is 73.7 Å². The second-order valence-corrected chi connectivity index (χ2v) is 10.2. The minimum Gasteiger partial charge on any atom is -0.457 e. The van der Waals surface area contributed by atoms with Crippen molar-refractivity contribution in [2.24, 2.45) is 0 Å². The van der Waals surface area contributed by atoms with E-state index in [0.29, 0.717) is 0 Å². The van der Waals surface area contributed by atoms with Crippen LogP contribution in [0.3, 0.4) is 0 Å². The number of aromatic nitrogens is 2. The number of benzene rings is 4. The Hall–Kier alpha value is -5.42. The number of rotatable bonds is 1. The first-order chi connectivity index (χ1) is 19.8. The van der Waals surface area contributed by atoms with Crippen LogP contribution in [0, 0.1) is 0 Å². The van der Waals surface area contributed by atoms with Gasteiger partial charge in [-0.15, -0.1) is 0 Å². The molecule has 9 rings (SSSR count). The molecule has 0 amide bonds. The van der Waals surface area contributed by atoms with Gasteiger partial charge in [0.1, 0.15) is 11.5 Å². The molecule has 6 aromatic rings. The van der Waals surface area contributed by atoms with E-state index in [1.54, 1.807) is 0 Å². The number of hydrogen-bond donors (Lipinski definition) is 0. The lowest BCUT2D eigenvalue weighted by molar-refractivity contribution is 0.436. The highest BCUT2D eigenvalue weighted by Gasteiger charge is 2.52. The van der Waals surface area contributed by atoms with Crippen molar-refractivity contribution in [3.05, 3.63) is 150 Å². The van der Waals surface area contributed by atoms with Crippen LogP contribution in [0.15, 0.2) is 128 Å². The molecule has 0 atom stereocenters. The van der Waals surface area contributed by atoms with Gasteiger partial charge in [0.2, 0.25) is 0 Å². The lowest BCUT2D eigenvalue weighted by Crippen LogP contribution is -2.32. The summed E-state index contributed by atoms with van der Waals surface area (Å²) in [7, 11) is 0. The lowest BCUT2D eigenvalue weighted by Gasteiger charge is -2.40. The summed E-state index contributed by atoms with van der Waals surface area (Å²) in [4.78, 5) is 11.9. The molecule has 0 fully saturated rings. The maximum absolute atomic E-state index is 6.70. The number of hydrogen-bond acceptors (Lipinski definition) is 5. The van der Waals surface area contributed by atoms with Crippen molar-refractivity contribution in [3.63, 3.8) is 0 Å². The van der Waals surface area contributed by atoms with Gasteiger partial charge in [-0.25, -0.2) is 0 Å². The van der Waals surface area contributed by atoms with Crippen molar-refractivity contribution in [1.82, 2.24) is 9.97 Å². The van der Waals surface area contributed by atoms with Crippen molar-refractivity contribution in [3.8, 4) is 34.4 Å². The van der Waals surface area contributed by atoms with Crippen molar-refractivity contribution in [2.45, 2.75) is 5.41 Å². The van der Waals surface area contributed by atoms with E-state index in [1.165, 1.54) is 0 Å². The van der Waals surface area contributed by atoms with Crippen LogP contribution >= 0.6 is 0 Å². The first kappa shape index (κ1) is 21.5. The molecular weight excluding hydrogens is 494 g/mol. The van der Waals surface area contributed by atoms with Crippen molar-refractivity contribution in [2.75, 3.05) is 4.90 Å². The minimum atomic E-state index is -0.587. The molecule has 0 unspecified atom stereocenters. The SMILES string of the molecule is c1ccc2c(c1)Oc1ccccc1N2c1ccc2c(c1)Oc1ccccc1C21c2cccnc2-c2ncccc21. The third-order valence-electron chi connectivity index (χ3n) is 8.22. The summed E-state index contributed by atoms with van der Waals surface area (Å²) in [6.07, 6.45) is 3.69. The summed E-state index contributed by atoms with van der Waals surface area (Å²) in [6.45, 7) is 0. The predicted octanol–water partition coefficient (Wildman–Crippen LogP) is 8.52. The Morgan fingerprint density at radius 2 is 1.00 bits per heavy atom. The number of ether oxygens (including phenoxy) is 2. The zero-order valence-electron chi connectivity index (χ0n) is 21.3. The van der Waals surface area contributed by atoms with Gasteiger partial charge in [0.15, 0.2) is 11.5 Å². The molecule has 4 heterocycles. The third kappa shape index (κ3) is 2.66. The summed E-state index contributed by atoms with van der Waals surface area (Å²) in [5.74, 6) is 3.28. The molecule has 2 aliphatic heterocycles. The van der Waals surface area contributed by atoms with E-state index in [2.05, 4.69) is 65.6 Å². The van der Waals surface area contributed by atoms with E-state index in [-0.39, 0.29) is 0 Å². The molecule has 188 valence electrons. The fourth-order valence-corrected chi connectivity index (χ4v) is 6.67. The molecule has 0 radical (unpaired) electrons. The largest absolute Gasteiger partial charge is 0.457 e. The van der Waals surface area contributed by atoms with E-state index in [9.17, 15) is 0 Å². The Balaban J connectivity index is 1.33. The van der Waals surface area contributed by atoms with Crippen LogP contribution in [-0.4, -0.2) is 9.97 Å². The highest BCUT2D eigenvalue weighted by molar-refractivity contribution is 5.89. The molecule has 3 aliphatic rings. The van der Waals surface area contributed by atoms with E-state index in [4.69, 9.17) is 19.4 Å². The highest BCUT2D eigenvalue weighted by atomic mass is 16.5. The highest BCUT2D eigenvalue weighted by Crippen LogP contribution is 2.62. The molecule has 0 bridgehead atoms. The lowest BCUT2D eigenvalue weighted by atomic mass is 9.66. The number of para-hydroxylation sites is 5. The van der Waals surface area contributed by atoms with Gasteiger partial charge in [0.25, 0.3) is 0 Å². The molecule has 1 spiro atoms. The third-order valence-corrected chi connectivity index (χ3v) is 8.22. The van der Waals surface area contributed by atoms with Crippen molar-refractivity contribution < 1.29 is 9.47 Å². The van der Waals surface area contributed by atoms with E-state index < -0.39 is 5.41 Å². The Kier molecular flexibility index (Phi) is 4.20. The molecule has 5 heteroatoms. The smallest absolute Gasteiger partial charge is 0.151 e. The average Bonchev–Trinajstić information content (AvgIpc) is 3.31. The first-order valence-electron chi connectivity index (χ1n) is 13.3. The van der Waals surface area contributed by atoms with Gasteiger partial charge < -0.3 is 14.4 Å². The Bertz CT molecular complexity index is 1910. The van der Waals surface area contributed by atoms with Crippen LogP contribution in [0.25, 0.3) is 11.4 Å². The van der Waals surface area contributed by atoms with Gasteiger partial charge in [-0.05, 0) is 59.7 Å². The summed E-state index contributed by atoms with van der Waals surface area (Å²) < 4.78 is 13.0. The Labute approximate surface area is 230 Å². The molecule has 4 aromatic carbocycles. The Morgan fingerprint density at radius 3 is 1.68 bits per heavy atom. The van der Waals surface area contributed by atoms with Crippen LogP contribution in [-0.2, 0) is 5.41 Å². The van der Waals surface area contributed by atoms with Gasteiger partial charge >= 0.3 is 0 Å². The molecule has 40 heavy (non-hydrogen) atoms. The predicted molar refractivity (Wildman–Crippen MR) is 154 cm³/mol. The maximum Gasteiger partial charge on any atom is 0.151 e. The van der Waals surface area contributed by atoms with Gasteiger partial charge in [-0.1, -0.05) is 60.7 Å². The number of pyridine rings is 2. The van der Waals surface area contributed by atoms with Crippen LogP contribution in [0.5, 0.6) is 23.0 Å². The van der Waals surface area contributed by atoms with Crippen molar-refractivity contribution in [1.29, 1.82) is 0 Å². The zero-order chi connectivity index (χ0) is 26.3. The number of nitrogens with zero attached hydrogens (tertiary/aromatic N) is 3. The van der Waals surface area contributed by atoms with Crippen LogP contribution in [0.1, 0.15) is 22.3 Å². The second-order valence-electron chi connectivity index (χ2n) is 10.2. The average molecular weight is 516 g/mol. The summed E-state index contributed by atoms with van der Waals surface area (Å²) in [5, 5.41) is 0. The quantitative estimate of drug-likeness (QED) is 0.219. The Morgan fingerprint density at radius 1 is 0.475 bits per heavy atom. The van der Waals surface area contributed by atoms with Crippen molar-refractivity contribution >= 4 is 17.1 Å². The molecular formula is C35H21N3O2. The number of fused-ring (bicyclic) bond motifs is 11. The van der Waals surface area contributed by atoms with E-state index >= 15 is 0 Å². The molecule has 0 saturated carbocycles. The number of anilines is 3. The van der Waals surface area contributed by atoms with Crippen LogP contribution in [0.4, 0.5) is 17.1 Å². The minimum absolute atomic E-state index is 0.587.